The van der Waals surface area contributed by atoms with E-state index in [1.54, 1.807) is 12.1 Å². The summed E-state index contributed by atoms with van der Waals surface area (Å²) in [5.74, 6) is -0.710. The van der Waals surface area contributed by atoms with Crippen LogP contribution in [0.3, 0.4) is 0 Å². The SMILES string of the molecule is CCC=C(CC)[SiH2]c1ccc(C(=O)OO)cc1. The molecule has 1 aromatic rings. The molecule has 17 heavy (non-hydrogen) atoms. The summed E-state index contributed by atoms with van der Waals surface area (Å²) in [5.41, 5.74) is 0.378. The third-order valence-corrected chi connectivity index (χ3v) is 4.77. The van der Waals surface area contributed by atoms with Gasteiger partial charge in [0.15, 0.2) is 0 Å². The average molecular weight is 250 g/mol. The Balaban J connectivity index is 2.74. The molecule has 4 heteroatoms. The summed E-state index contributed by atoms with van der Waals surface area (Å²) in [6, 6.07) is 7.27. The predicted molar refractivity (Wildman–Crippen MR) is 71.3 cm³/mol. The summed E-state index contributed by atoms with van der Waals surface area (Å²) in [6.07, 6.45) is 4.47. The molecule has 0 aliphatic heterocycles. The van der Waals surface area contributed by atoms with E-state index in [4.69, 9.17) is 5.26 Å². The first kappa shape index (κ1) is 13.7. The minimum atomic E-state index is -0.710. The Bertz CT molecular complexity index is 396. The van der Waals surface area contributed by atoms with Crippen molar-refractivity contribution in [1.82, 2.24) is 0 Å². The van der Waals surface area contributed by atoms with E-state index in [0.29, 0.717) is 5.56 Å². The van der Waals surface area contributed by atoms with Gasteiger partial charge in [0, 0.05) is 0 Å². The molecule has 0 aliphatic rings. The first-order valence-corrected chi connectivity index (χ1v) is 7.25. The van der Waals surface area contributed by atoms with Crippen LogP contribution in [0.2, 0.25) is 0 Å². The Labute approximate surface area is 104 Å². The molecule has 0 aliphatic carbocycles. The van der Waals surface area contributed by atoms with Crippen LogP contribution in [0.5, 0.6) is 0 Å². The quantitative estimate of drug-likeness (QED) is 0.492. The molecule has 3 nitrogen and oxygen atoms in total. The highest BCUT2D eigenvalue weighted by atomic mass is 28.2. The Morgan fingerprint density at radius 3 is 2.47 bits per heavy atom. The topological polar surface area (TPSA) is 46.5 Å². The molecule has 0 spiro atoms. The van der Waals surface area contributed by atoms with Crippen molar-refractivity contribution in [3.63, 3.8) is 0 Å². The Kier molecular flexibility index (Phi) is 5.66. The van der Waals surface area contributed by atoms with Gasteiger partial charge in [-0.1, -0.05) is 42.4 Å². The fourth-order valence-electron chi connectivity index (χ4n) is 1.70. The van der Waals surface area contributed by atoms with Crippen LogP contribution in [-0.2, 0) is 4.89 Å². The number of carbonyl (C=O) groups excluding carboxylic acids is 1. The second-order valence-corrected chi connectivity index (χ2v) is 5.95. The molecular weight excluding hydrogens is 232 g/mol. The first-order chi connectivity index (χ1) is 8.21. The number of rotatable bonds is 5. The maximum atomic E-state index is 11.0. The smallest absolute Gasteiger partial charge is 0.296 e. The molecule has 0 amide bonds. The van der Waals surface area contributed by atoms with Gasteiger partial charge in [0.05, 0.1) is 15.1 Å². The third-order valence-electron chi connectivity index (χ3n) is 2.65. The van der Waals surface area contributed by atoms with E-state index in [0.717, 1.165) is 12.8 Å². The molecule has 92 valence electrons. The van der Waals surface area contributed by atoms with E-state index in [1.165, 1.54) is 10.4 Å². The number of benzene rings is 1. The molecule has 0 radical (unpaired) electrons. The predicted octanol–water partition coefficient (Wildman–Crippen LogP) is 1.81. The van der Waals surface area contributed by atoms with Crippen LogP contribution in [0.1, 0.15) is 37.0 Å². The van der Waals surface area contributed by atoms with Gasteiger partial charge in [-0.3, -0.25) is 4.89 Å². The summed E-state index contributed by atoms with van der Waals surface area (Å²) >= 11 is 0. The van der Waals surface area contributed by atoms with Crippen LogP contribution in [0.25, 0.3) is 0 Å². The summed E-state index contributed by atoms with van der Waals surface area (Å²) in [5, 5.41) is 11.1. The third kappa shape index (κ3) is 4.17. The molecule has 1 aromatic carbocycles. The fourth-order valence-corrected chi connectivity index (χ4v) is 3.38. The first-order valence-electron chi connectivity index (χ1n) is 5.83. The Morgan fingerprint density at radius 1 is 1.35 bits per heavy atom. The van der Waals surface area contributed by atoms with Gasteiger partial charge in [-0.05, 0) is 25.0 Å². The summed E-state index contributed by atoms with van der Waals surface area (Å²) in [6.45, 7) is 4.32. The van der Waals surface area contributed by atoms with Crippen molar-refractivity contribution >= 4 is 20.7 Å². The van der Waals surface area contributed by atoms with Crippen molar-refractivity contribution in [1.29, 1.82) is 0 Å². The number of hydrogen-bond acceptors (Lipinski definition) is 3. The van der Waals surface area contributed by atoms with E-state index in [9.17, 15) is 4.79 Å². The van der Waals surface area contributed by atoms with E-state index in [1.807, 2.05) is 12.1 Å². The van der Waals surface area contributed by atoms with Gasteiger partial charge < -0.3 is 0 Å². The normalized spacial score (nSPS) is 12.1. The number of allylic oxidation sites excluding steroid dienone is 2. The summed E-state index contributed by atoms with van der Waals surface area (Å²) in [4.78, 5) is 14.7. The van der Waals surface area contributed by atoms with E-state index < -0.39 is 15.5 Å². The molecule has 0 aromatic heterocycles. The van der Waals surface area contributed by atoms with Crippen LogP contribution in [0.15, 0.2) is 35.5 Å². The maximum Gasteiger partial charge on any atom is 0.372 e. The van der Waals surface area contributed by atoms with Gasteiger partial charge in [-0.15, -0.1) is 0 Å². The van der Waals surface area contributed by atoms with Gasteiger partial charge in [-0.2, -0.15) is 5.26 Å². The lowest BCUT2D eigenvalue weighted by Gasteiger charge is -2.04. The number of hydrogen-bond donors (Lipinski definition) is 1. The van der Waals surface area contributed by atoms with Crippen molar-refractivity contribution in [2.45, 2.75) is 26.7 Å². The van der Waals surface area contributed by atoms with E-state index >= 15 is 0 Å². The molecule has 0 bridgehead atoms. The molecule has 1 rings (SSSR count). The molecule has 1 N–H and O–H groups in total. The van der Waals surface area contributed by atoms with Crippen molar-refractivity contribution < 1.29 is 14.9 Å². The highest BCUT2D eigenvalue weighted by Gasteiger charge is 2.06. The zero-order chi connectivity index (χ0) is 12.7. The molecule has 0 heterocycles. The largest absolute Gasteiger partial charge is 0.372 e. The Hall–Kier alpha value is -1.39. The van der Waals surface area contributed by atoms with Crippen molar-refractivity contribution in [3.8, 4) is 0 Å². The number of carbonyl (C=O) groups is 1. The lowest BCUT2D eigenvalue weighted by Crippen LogP contribution is -2.17. The van der Waals surface area contributed by atoms with E-state index in [2.05, 4.69) is 24.8 Å². The molecule has 0 atom stereocenters. The zero-order valence-corrected chi connectivity index (χ0v) is 11.7. The second kappa shape index (κ2) is 7.03. The van der Waals surface area contributed by atoms with E-state index in [-0.39, 0.29) is 0 Å². The second-order valence-electron chi connectivity index (χ2n) is 3.88. The van der Waals surface area contributed by atoms with Crippen molar-refractivity contribution in [2.75, 3.05) is 0 Å². The minimum absolute atomic E-state index is 0.378. The van der Waals surface area contributed by atoms with Gasteiger partial charge in [0.1, 0.15) is 0 Å². The highest BCUT2D eigenvalue weighted by molar-refractivity contribution is 6.60. The summed E-state index contributed by atoms with van der Waals surface area (Å²) < 4.78 is 0. The van der Waals surface area contributed by atoms with Crippen LogP contribution in [0.4, 0.5) is 0 Å². The summed E-state index contributed by atoms with van der Waals surface area (Å²) in [7, 11) is -0.409. The van der Waals surface area contributed by atoms with Gasteiger partial charge in [0.2, 0.25) is 0 Å². The zero-order valence-electron chi connectivity index (χ0n) is 10.3. The Morgan fingerprint density at radius 2 is 2.00 bits per heavy atom. The van der Waals surface area contributed by atoms with Gasteiger partial charge >= 0.3 is 5.97 Å². The molecule has 0 fully saturated rings. The molecule has 0 saturated carbocycles. The van der Waals surface area contributed by atoms with Crippen LogP contribution < -0.4 is 5.19 Å². The van der Waals surface area contributed by atoms with Crippen molar-refractivity contribution in [2.24, 2.45) is 0 Å². The molecular formula is C13H18O3Si. The highest BCUT2D eigenvalue weighted by Crippen LogP contribution is 2.03. The standard InChI is InChI=1S/C13H18O3Si/c1-3-5-11(4-2)17-12-8-6-10(7-9-12)13(14)16-15/h5-9,15H,3-4,17H2,1-2H3. The molecule has 0 unspecified atom stereocenters. The maximum absolute atomic E-state index is 11.0. The van der Waals surface area contributed by atoms with Gasteiger partial charge in [0.25, 0.3) is 0 Å². The monoisotopic (exact) mass is 250 g/mol. The van der Waals surface area contributed by atoms with Crippen LogP contribution in [0, 0.1) is 0 Å². The lowest BCUT2D eigenvalue weighted by molar-refractivity contribution is -0.182. The average Bonchev–Trinajstić information content (AvgIpc) is 2.38. The lowest BCUT2D eigenvalue weighted by atomic mass is 10.2. The minimum Gasteiger partial charge on any atom is -0.296 e. The van der Waals surface area contributed by atoms with Gasteiger partial charge in [-0.25, -0.2) is 4.79 Å². The fraction of sp³-hybridized carbons (Fsp3) is 0.308. The molecule has 0 saturated heterocycles. The van der Waals surface area contributed by atoms with Crippen LogP contribution >= 0.6 is 0 Å². The van der Waals surface area contributed by atoms with Crippen molar-refractivity contribution in [3.05, 3.63) is 41.1 Å². The van der Waals surface area contributed by atoms with Crippen LogP contribution in [-0.4, -0.2) is 20.7 Å².